The van der Waals surface area contributed by atoms with E-state index in [0.717, 1.165) is 23.8 Å². The largest absolute Gasteiger partial charge is 0.384 e. The molecule has 0 saturated carbocycles. The third-order valence-corrected chi connectivity index (χ3v) is 3.60. The number of nitrogens with two attached hydrogens (primary N) is 1. The second-order valence-electron chi connectivity index (χ2n) is 7.83. The first-order valence-electron chi connectivity index (χ1n) is 7.97. The fourth-order valence-electron chi connectivity index (χ4n) is 2.56. The van der Waals surface area contributed by atoms with Crippen LogP contribution >= 0.6 is 0 Å². The van der Waals surface area contributed by atoms with Crippen molar-refractivity contribution in [2.45, 2.75) is 91.5 Å². The summed E-state index contributed by atoms with van der Waals surface area (Å²) in [4.78, 5) is 4.88. The molecule has 1 aromatic heterocycles. The highest BCUT2D eigenvalue weighted by atomic mass is 15.2. The molecule has 1 heterocycles. The Kier molecular flexibility index (Phi) is 5.28. The molecule has 0 radical (unpaired) electrons. The number of rotatable bonds is 5. The van der Waals surface area contributed by atoms with Crippen molar-refractivity contribution in [3.8, 4) is 0 Å². The topological polar surface area (TPSA) is 43.8 Å². The van der Waals surface area contributed by atoms with Crippen LogP contribution in [-0.2, 0) is 17.4 Å². The van der Waals surface area contributed by atoms with E-state index in [1.54, 1.807) is 0 Å². The molecular formula is C17H33N3. The molecule has 0 atom stereocenters. The fraction of sp³-hybridized carbons (Fsp3) is 0.824. The Morgan fingerprint density at radius 1 is 1.00 bits per heavy atom. The van der Waals surface area contributed by atoms with Crippen LogP contribution in [-0.4, -0.2) is 9.55 Å². The predicted octanol–water partition coefficient (Wildman–Crippen LogP) is 4.64. The van der Waals surface area contributed by atoms with Gasteiger partial charge in [-0.05, 0) is 33.6 Å². The zero-order valence-corrected chi connectivity index (χ0v) is 14.5. The summed E-state index contributed by atoms with van der Waals surface area (Å²) < 4.78 is 2.22. The van der Waals surface area contributed by atoms with Crippen LogP contribution in [0.4, 0.5) is 5.82 Å². The standard InChI is InChI=1S/C17H33N3/c1-8-9-10-11-12-13-14(18)20(17(5,6)7)15(19-13)16(2,3)4/h8-12,18H2,1-7H3. The smallest absolute Gasteiger partial charge is 0.127 e. The second kappa shape index (κ2) is 6.19. The van der Waals surface area contributed by atoms with E-state index in [0.29, 0.717) is 0 Å². The molecule has 20 heavy (non-hydrogen) atoms. The van der Waals surface area contributed by atoms with Gasteiger partial charge >= 0.3 is 0 Å². The summed E-state index contributed by atoms with van der Waals surface area (Å²) in [6.45, 7) is 15.4. The van der Waals surface area contributed by atoms with Crippen molar-refractivity contribution >= 4 is 5.82 Å². The Labute approximate surface area is 125 Å². The summed E-state index contributed by atoms with van der Waals surface area (Å²) in [6, 6.07) is 0. The van der Waals surface area contributed by atoms with Gasteiger partial charge in [0.2, 0.25) is 0 Å². The quantitative estimate of drug-likeness (QED) is 0.798. The molecular weight excluding hydrogens is 246 g/mol. The van der Waals surface area contributed by atoms with Gasteiger partial charge in [0.15, 0.2) is 0 Å². The Hall–Kier alpha value is -0.990. The van der Waals surface area contributed by atoms with Crippen LogP contribution in [0, 0.1) is 0 Å². The molecule has 0 saturated heterocycles. The van der Waals surface area contributed by atoms with Crippen LogP contribution in [0.3, 0.4) is 0 Å². The molecule has 0 unspecified atom stereocenters. The number of nitrogen functional groups attached to an aromatic ring is 1. The molecule has 3 heteroatoms. The maximum Gasteiger partial charge on any atom is 0.127 e. The molecule has 0 aliphatic rings. The monoisotopic (exact) mass is 279 g/mol. The van der Waals surface area contributed by atoms with Crippen LogP contribution in [0.15, 0.2) is 0 Å². The zero-order chi connectivity index (χ0) is 15.6. The van der Waals surface area contributed by atoms with Crippen LogP contribution in [0.25, 0.3) is 0 Å². The number of anilines is 1. The normalized spacial score (nSPS) is 12.9. The van der Waals surface area contributed by atoms with Crippen molar-refractivity contribution in [3.63, 3.8) is 0 Å². The molecule has 0 bridgehead atoms. The molecule has 0 aliphatic heterocycles. The van der Waals surface area contributed by atoms with E-state index >= 15 is 0 Å². The average molecular weight is 279 g/mol. The predicted molar refractivity (Wildman–Crippen MR) is 88.2 cm³/mol. The van der Waals surface area contributed by atoms with E-state index in [1.807, 2.05) is 0 Å². The van der Waals surface area contributed by atoms with Crippen molar-refractivity contribution in [2.75, 3.05) is 5.73 Å². The minimum atomic E-state index is -0.0264. The zero-order valence-electron chi connectivity index (χ0n) is 14.5. The summed E-state index contributed by atoms with van der Waals surface area (Å²) in [5, 5.41) is 0. The molecule has 116 valence electrons. The summed E-state index contributed by atoms with van der Waals surface area (Å²) >= 11 is 0. The lowest BCUT2D eigenvalue weighted by molar-refractivity contribution is 0.359. The van der Waals surface area contributed by atoms with Gasteiger partial charge in [-0.2, -0.15) is 0 Å². The van der Waals surface area contributed by atoms with Gasteiger partial charge in [-0.1, -0.05) is 47.0 Å². The van der Waals surface area contributed by atoms with E-state index in [4.69, 9.17) is 10.7 Å². The van der Waals surface area contributed by atoms with Crippen molar-refractivity contribution in [1.82, 2.24) is 9.55 Å². The molecule has 2 N–H and O–H groups in total. The Bertz CT molecular complexity index is 430. The number of hydrogen-bond donors (Lipinski definition) is 1. The molecule has 3 nitrogen and oxygen atoms in total. The van der Waals surface area contributed by atoms with Crippen molar-refractivity contribution in [1.29, 1.82) is 0 Å². The average Bonchev–Trinajstić information content (AvgIpc) is 2.61. The number of aromatic nitrogens is 2. The summed E-state index contributed by atoms with van der Waals surface area (Å²) in [7, 11) is 0. The van der Waals surface area contributed by atoms with Gasteiger partial charge < -0.3 is 10.3 Å². The van der Waals surface area contributed by atoms with E-state index in [9.17, 15) is 0 Å². The minimum Gasteiger partial charge on any atom is -0.384 e. The first kappa shape index (κ1) is 17.1. The number of imidazole rings is 1. The molecule has 1 aromatic rings. The summed E-state index contributed by atoms with van der Waals surface area (Å²) in [5.74, 6) is 1.96. The third kappa shape index (κ3) is 4.00. The maximum absolute atomic E-state index is 6.40. The highest BCUT2D eigenvalue weighted by Crippen LogP contribution is 2.32. The van der Waals surface area contributed by atoms with Crippen molar-refractivity contribution in [2.24, 2.45) is 0 Å². The van der Waals surface area contributed by atoms with Crippen molar-refractivity contribution in [3.05, 3.63) is 11.5 Å². The van der Waals surface area contributed by atoms with Gasteiger partial charge in [-0.25, -0.2) is 4.98 Å². The highest BCUT2D eigenvalue weighted by molar-refractivity contribution is 5.41. The SMILES string of the molecule is CCCCCCc1nc(C(C)(C)C)n(C(C)(C)C)c1N. The number of hydrogen-bond acceptors (Lipinski definition) is 2. The first-order valence-corrected chi connectivity index (χ1v) is 7.97. The molecule has 1 rings (SSSR count). The lowest BCUT2D eigenvalue weighted by Crippen LogP contribution is -2.30. The third-order valence-electron chi connectivity index (χ3n) is 3.60. The van der Waals surface area contributed by atoms with Crippen LogP contribution < -0.4 is 5.73 Å². The summed E-state index contributed by atoms with van der Waals surface area (Å²) in [6.07, 6.45) is 6.01. The van der Waals surface area contributed by atoms with E-state index in [-0.39, 0.29) is 11.0 Å². The van der Waals surface area contributed by atoms with Crippen LogP contribution in [0.2, 0.25) is 0 Å². The van der Waals surface area contributed by atoms with Gasteiger partial charge in [0.1, 0.15) is 11.6 Å². The van der Waals surface area contributed by atoms with E-state index in [2.05, 4.69) is 53.0 Å². The molecule has 0 spiro atoms. The number of nitrogens with zero attached hydrogens (tertiary/aromatic N) is 2. The van der Waals surface area contributed by atoms with Crippen molar-refractivity contribution < 1.29 is 0 Å². The summed E-state index contributed by atoms with van der Waals surface area (Å²) in [5.41, 5.74) is 7.48. The lowest BCUT2D eigenvalue weighted by atomic mass is 9.94. The Morgan fingerprint density at radius 3 is 2.00 bits per heavy atom. The van der Waals surface area contributed by atoms with Crippen LogP contribution in [0.5, 0.6) is 0 Å². The fourth-order valence-corrected chi connectivity index (χ4v) is 2.56. The molecule has 0 amide bonds. The molecule has 0 fully saturated rings. The van der Waals surface area contributed by atoms with E-state index in [1.165, 1.54) is 25.7 Å². The van der Waals surface area contributed by atoms with Gasteiger partial charge in [-0.15, -0.1) is 0 Å². The Balaban J connectivity index is 3.07. The second-order valence-corrected chi connectivity index (χ2v) is 7.83. The molecule has 0 aliphatic carbocycles. The van der Waals surface area contributed by atoms with Gasteiger partial charge in [0.05, 0.1) is 5.69 Å². The number of aryl methyl sites for hydroxylation is 1. The van der Waals surface area contributed by atoms with Gasteiger partial charge in [-0.3, -0.25) is 0 Å². The van der Waals surface area contributed by atoms with Gasteiger partial charge in [0, 0.05) is 11.0 Å². The maximum atomic E-state index is 6.40. The molecule has 0 aromatic carbocycles. The first-order chi connectivity index (χ1) is 9.09. The van der Waals surface area contributed by atoms with E-state index < -0.39 is 0 Å². The van der Waals surface area contributed by atoms with Crippen LogP contribution in [0.1, 0.15) is 85.7 Å². The van der Waals surface area contributed by atoms with Gasteiger partial charge in [0.25, 0.3) is 0 Å². The highest BCUT2D eigenvalue weighted by Gasteiger charge is 2.30. The minimum absolute atomic E-state index is 0.0169. The number of unbranched alkanes of at least 4 members (excludes halogenated alkanes) is 3. The Morgan fingerprint density at radius 2 is 1.60 bits per heavy atom. The lowest BCUT2D eigenvalue weighted by Gasteiger charge is -2.29.